The van der Waals surface area contributed by atoms with Crippen LogP contribution >= 0.6 is 11.8 Å². The van der Waals surface area contributed by atoms with Crippen LogP contribution in [-0.2, 0) is 0 Å². The number of fused-ring (bicyclic) bond motifs is 1. The van der Waals surface area contributed by atoms with Crippen LogP contribution in [0.15, 0.2) is 35.5 Å². The van der Waals surface area contributed by atoms with Crippen molar-refractivity contribution in [2.24, 2.45) is 23.2 Å². The molecule has 0 radical (unpaired) electrons. The van der Waals surface area contributed by atoms with Crippen LogP contribution in [0.25, 0.3) is 0 Å². The van der Waals surface area contributed by atoms with Gasteiger partial charge in [-0.25, -0.2) is 0 Å². The lowest BCUT2D eigenvalue weighted by atomic mass is 9.61. The highest BCUT2D eigenvalue weighted by molar-refractivity contribution is 8.00. The predicted octanol–water partition coefficient (Wildman–Crippen LogP) is 6.69. The Hall–Kier alpha value is -0.510. The van der Waals surface area contributed by atoms with E-state index < -0.39 is 12.2 Å². The monoisotopic (exact) mass is 432 g/mol. The van der Waals surface area contributed by atoms with Gasteiger partial charge in [0.25, 0.3) is 0 Å². The highest BCUT2D eigenvalue weighted by Crippen LogP contribution is 2.59. The second kappa shape index (κ2) is 9.55. The molecule has 0 bridgehead atoms. The number of hydrogen-bond donors (Lipinski definition) is 2. The van der Waals surface area contributed by atoms with E-state index in [0.29, 0.717) is 28.9 Å². The SMILES string of the molecule is C=C1/C(=C\C=C2/CCCC3(C)C2CCC3C(C)CCSC(C)(C)C)CC(O)CC1O. The van der Waals surface area contributed by atoms with Crippen LogP contribution in [0.5, 0.6) is 0 Å². The molecule has 0 aromatic rings. The Morgan fingerprint density at radius 3 is 2.67 bits per heavy atom. The number of hydrogen-bond acceptors (Lipinski definition) is 3. The molecule has 2 N–H and O–H groups in total. The molecule has 0 spiro atoms. The number of allylic oxidation sites excluding steroid dienone is 3. The fraction of sp³-hybridized carbons (Fsp3) is 0.778. The Kier molecular flexibility index (Phi) is 7.68. The number of aliphatic hydroxyl groups excluding tert-OH is 2. The van der Waals surface area contributed by atoms with Gasteiger partial charge in [-0.15, -0.1) is 0 Å². The summed E-state index contributed by atoms with van der Waals surface area (Å²) in [6.07, 6.45) is 12.3. The van der Waals surface area contributed by atoms with Crippen molar-refractivity contribution in [1.82, 2.24) is 0 Å². The van der Waals surface area contributed by atoms with Crippen molar-refractivity contribution in [3.63, 3.8) is 0 Å². The van der Waals surface area contributed by atoms with Gasteiger partial charge in [-0.05, 0) is 85.0 Å². The lowest BCUT2D eigenvalue weighted by molar-refractivity contribution is 0.0861. The topological polar surface area (TPSA) is 40.5 Å². The van der Waals surface area contributed by atoms with Crippen LogP contribution < -0.4 is 0 Å². The molecule has 170 valence electrons. The van der Waals surface area contributed by atoms with Crippen molar-refractivity contribution < 1.29 is 10.2 Å². The van der Waals surface area contributed by atoms with Gasteiger partial charge in [0, 0.05) is 11.2 Å². The molecule has 3 heteroatoms. The molecule has 30 heavy (non-hydrogen) atoms. The summed E-state index contributed by atoms with van der Waals surface area (Å²) in [6, 6.07) is 0. The molecule has 3 saturated carbocycles. The lowest BCUT2D eigenvalue weighted by Gasteiger charge is -2.44. The summed E-state index contributed by atoms with van der Waals surface area (Å²) in [5.74, 6) is 3.57. The first-order valence-corrected chi connectivity index (χ1v) is 13.1. The van der Waals surface area contributed by atoms with Crippen LogP contribution in [0, 0.1) is 23.2 Å². The summed E-state index contributed by atoms with van der Waals surface area (Å²) in [7, 11) is 0. The predicted molar refractivity (Wildman–Crippen MR) is 131 cm³/mol. The van der Waals surface area contributed by atoms with Gasteiger partial charge in [0.05, 0.1) is 12.2 Å². The zero-order valence-electron chi connectivity index (χ0n) is 19.9. The molecule has 0 heterocycles. The average Bonchev–Trinajstić information content (AvgIpc) is 3.00. The molecule has 3 fully saturated rings. The molecule has 3 aliphatic rings. The fourth-order valence-electron chi connectivity index (χ4n) is 6.43. The van der Waals surface area contributed by atoms with Gasteiger partial charge in [-0.1, -0.05) is 58.9 Å². The molecule has 0 amide bonds. The summed E-state index contributed by atoms with van der Waals surface area (Å²) in [6.45, 7) is 16.1. The van der Waals surface area contributed by atoms with Crippen LogP contribution in [0.2, 0.25) is 0 Å². The average molecular weight is 433 g/mol. The fourth-order valence-corrected chi connectivity index (χ4v) is 7.53. The van der Waals surface area contributed by atoms with Gasteiger partial charge in [0.2, 0.25) is 0 Å². The number of aliphatic hydroxyl groups is 2. The Morgan fingerprint density at radius 2 is 1.97 bits per heavy atom. The maximum absolute atomic E-state index is 10.1. The Bertz CT molecular complexity index is 685. The first-order valence-electron chi connectivity index (χ1n) is 12.1. The van der Waals surface area contributed by atoms with Crippen LogP contribution in [0.1, 0.15) is 86.0 Å². The van der Waals surface area contributed by atoms with E-state index in [1.165, 1.54) is 44.3 Å². The van der Waals surface area contributed by atoms with E-state index in [1.807, 2.05) is 0 Å². The second-order valence-electron chi connectivity index (χ2n) is 11.4. The molecule has 2 nitrogen and oxygen atoms in total. The molecule has 0 saturated heterocycles. The lowest BCUT2D eigenvalue weighted by Crippen LogP contribution is -2.36. The second-order valence-corrected chi connectivity index (χ2v) is 13.3. The zero-order chi connectivity index (χ0) is 22.1. The standard InChI is InChI=1S/C27H44O2S/c1-18(13-15-30-26(3,4)5)23-11-12-24-20(8-7-14-27(23,24)6)9-10-21-16-22(28)17-25(29)19(21)2/h9-10,18,22-25,28-29H,2,7-8,11-17H2,1,3-6H3/b20-9+,21-10-. The third kappa shape index (κ3) is 5.45. The van der Waals surface area contributed by atoms with Crippen molar-refractivity contribution in [2.75, 3.05) is 5.75 Å². The highest BCUT2D eigenvalue weighted by atomic mass is 32.2. The molecule has 0 aromatic carbocycles. The molecule has 6 unspecified atom stereocenters. The van der Waals surface area contributed by atoms with Gasteiger partial charge >= 0.3 is 0 Å². The third-order valence-corrected chi connectivity index (χ3v) is 9.40. The molecule has 0 aromatic heterocycles. The Labute approximate surface area is 189 Å². The van der Waals surface area contributed by atoms with Crippen molar-refractivity contribution in [3.8, 4) is 0 Å². The van der Waals surface area contributed by atoms with Crippen LogP contribution in [0.4, 0.5) is 0 Å². The van der Waals surface area contributed by atoms with E-state index in [-0.39, 0.29) is 0 Å². The van der Waals surface area contributed by atoms with Crippen LogP contribution in [-0.4, -0.2) is 32.9 Å². The summed E-state index contributed by atoms with van der Waals surface area (Å²) in [4.78, 5) is 0. The summed E-state index contributed by atoms with van der Waals surface area (Å²) in [5, 5.41) is 20.2. The maximum atomic E-state index is 10.1. The molecule has 6 atom stereocenters. The summed E-state index contributed by atoms with van der Waals surface area (Å²) >= 11 is 2.11. The summed E-state index contributed by atoms with van der Waals surface area (Å²) in [5.41, 5.74) is 3.85. The normalized spacial score (nSPS) is 38.8. The molecular formula is C27H44O2S. The number of thioether (sulfide) groups is 1. The van der Waals surface area contributed by atoms with E-state index in [2.05, 4.69) is 65.1 Å². The van der Waals surface area contributed by atoms with Crippen LogP contribution in [0.3, 0.4) is 0 Å². The molecule has 0 aliphatic heterocycles. The molecule has 3 rings (SSSR count). The first kappa shape index (κ1) is 24.1. The Morgan fingerprint density at radius 1 is 1.23 bits per heavy atom. The Balaban J connectivity index is 1.70. The van der Waals surface area contributed by atoms with E-state index >= 15 is 0 Å². The third-order valence-electron chi connectivity index (χ3n) is 8.10. The van der Waals surface area contributed by atoms with Gasteiger partial charge in [0.1, 0.15) is 0 Å². The van der Waals surface area contributed by atoms with Crippen molar-refractivity contribution >= 4 is 11.8 Å². The smallest absolute Gasteiger partial charge is 0.0811 e. The minimum atomic E-state index is -0.599. The van der Waals surface area contributed by atoms with Crippen molar-refractivity contribution in [1.29, 1.82) is 0 Å². The van der Waals surface area contributed by atoms with Crippen molar-refractivity contribution in [2.45, 2.75) is 103 Å². The minimum Gasteiger partial charge on any atom is -0.393 e. The minimum absolute atomic E-state index is 0.361. The maximum Gasteiger partial charge on any atom is 0.0811 e. The van der Waals surface area contributed by atoms with E-state index in [0.717, 1.165) is 23.0 Å². The van der Waals surface area contributed by atoms with Gasteiger partial charge < -0.3 is 10.2 Å². The highest BCUT2D eigenvalue weighted by Gasteiger charge is 2.50. The first-order chi connectivity index (χ1) is 14.0. The largest absolute Gasteiger partial charge is 0.393 e. The van der Waals surface area contributed by atoms with Gasteiger partial charge in [-0.3, -0.25) is 0 Å². The van der Waals surface area contributed by atoms with Crippen molar-refractivity contribution in [3.05, 3.63) is 35.5 Å². The number of rotatable bonds is 5. The van der Waals surface area contributed by atoms with Gasteiger partial charge in [-0.2, -0.15) is 11.8 Å². The van der Waals surface area contributed by atoms with Gasteiger partial charge in [0.15, 0.2) is 0 Å². The zero-order valence-corrected chi connectivity index (χ0v) is 20.7. The molecule has 3 aliphatic carbocycles. The van der Waals surface area contributed by atoms with E-state index in [4.69, 9.17) is 0 Å². The quantitative estimate of drug-likeness (QED) is 0.509. The van der Waals surface area contributed by atoms with E-state index in [1.54, 1.807) is 5.57 Å². The van der Waals surface area contributed by atoms with E-state index in [9.17, 15) is 10.2 Å². The summed E-state index contributed by atoms with van der Waals surface area (Å²) < 4.78 is 0.361. The molecular weight excluding hydrogens is 388 g/mol.